The SMILES string of the molecule is Cc1c(C)c(C)c(S(=O)(=O)N2CCN(Cc3cccs3)CC2)c(C)c1C. The van der Waals surface area contributed by atoms with Crippen LogP contribution in [0.15, 0.2) is 22.4 Å². The van der Waals surface area contributed by atoms with Crippen LogP contribution in [0.4, 0.5) is 0 Å². The number of benzene rings is 1. The van der Waals surface area contributed by atoms with Gasteiger partial charge in [-0.15, -0.1) is 11.3 Å². The predicted octanol–water partition coefficient (Wildman–Crippen LogP) is 3.80. The minimum Gasteiger partial charge on any atom is -0.296 e. The lowest BCUT2D eigenvalue weighted by Gasteiger charge is -2.34. The molecule has 0 bridgehead atoms. The molecule has 0 spiro atoms. The third-order valence-corrected chi connectivity index (χ3v) is 8.85. The van der Waals surface area contributed by atoms with Gasteiger partial charge in [0.05, 0.1) is 4.90 Å². The van der Waals surface area contributed by atoms with Crippen molar-refractivity contribution in [2.75, 3.05) is 26.2 Å². The molecule has 0 unspecified atom stereocenters. The van der Waals surface area contributed by atoms with Crippen LogP contribution in [0.25, 0.3) is 0 Å². The van der Waals surface area contributed by atoms with Gasteiger partial charge >= 0.3 is 0 Å². The zero-order valence-electron chi connectivity index (χ0n) is 16.3. The summed E-state index contributed by atoms with van der Waals surface area (Å²) in [6.45, 7) is 13.6. The second-order valence-electron chi connectivity index (χ2n) is 7.21. The molecule has 6 heteroatoms. The average molecular weight is 393 g/mol. The first-order valence-electron chi connectivity index (χ1n) is 9.05. The van der Waals surface area contributed by atoms with Crippen molar-refractivity contribution in [2.45, 2.75) is 46.1 Å². The fraction of sp³-hybridized carbons (Fsp3) is 0.500. The normalized spacial score (nSPS) is 17.0. The Hall–Kier alpha value is -1.21. The van der Waals surface area contributed by atoms with Crippen molar-refractivity contribution < 1.29 is 8.42 Å². The van der Waals surface area contributed by atoms with E-state index in [0.29, 0.717) is 18.0 Å². The molecule has 142 valence electrons. The largest absolute Gasteiger partial charge is 0.296 e. The van der Waals surface area contributed by atoms with E-state index < -0.39 is 10.0 Å². The van der Waals surface area contributed by atoms with Crippen LogP contribution in [0.3, 0.4) is 0 Å². The van der Waals surface area contributed by atoms with Crippen molar-refractivity contribution in [2.24, 2.45) is 0 Å². The van der Waals surface area contributed by atoms with E-state index >= 15 is 0 Å². The number of rotatable bonds is 4. The number of sulfonamides is 1. The van der Waals surface area contributed by atoms with Crippen molar-refractivity contribution in [3.63, 3.8) is 0 Å². The van der Waals surface area contributed by atoms with E-state index in [4.69, 9.17) is 0 Å². The predicted molar refractivity (Wildman–Crippen MR) is 108 cm³/mol. The molecule has 1 aromatic carbocycles. The molecule has 0 aliphatic carbocycles. The van der Waals surface area contributed by atoms with Gasteiger partial charge in [-0.05, 0) is 73.9 Å². The summed E-state index contributed by atoms with van der Waals surface area (Å²) in [4.78, 5) is 4.19. The van der Waals surface area contributed by atoms with Crippen molar-refractivity contribution >= 4 is 21.4 Å². The van der Waals surface area contributed by atoms with E-state index in [1.54, 1.807) is 15.6 Å². The molecule has 2 aromatic rings. The molecule has 2 heterocycles. The zero-order chi connectivity index (χ0) is 19.1. The minimum atomic E-state index is -3.46. The number of hydrogen-bond donors (Lipinski definition) is 0. The first-order chi connectivity index (χ1) is 12.2. The van der Waals surface area contributed by atoms with Gasteiger partial charge in [-0.25, -0.2) is 8.42 Å². The third-order valence-electron chi connectivity index (χ3n) is 5.82. The lowest BCUT2D eigenvalue weighted by molar-refractivity contribution is 0.183. The molecule has 0 amide bonds. The molecule has 1 aromatic heterocycles. The van der Waals surface area contributed by atoms with Gasteiger partial charge in [0.1, 0.15) is 0 Å². The first kappa shape index (κ1) is 19.5. The third kappa shape index (κ3) is 3.48. The topological polar surface area (TPSA) is 40.6 Å². The molecular weight excluding hydrogens is 364 g/mol. The summed E-state index contributed by atoms with van der Waals surface area (Å²) >= 11 is 1.75. The van der Waals surface area contributed by atoms with E-state index in [9.17, 15) is 8.42 Å². The summed E-state index contributed by atoms with van der Waals surface area (Å²) in [6.07, 6.45) is 0. The van der Waals surface area contributed by atoms with E-state index in [1.165, 1.54) is 10.4 Å². The van der Waals surface area contributed by atoms with E-state index in [0.717, 1.165) is 41.9 Å². The van der Waals surface area contributed by atoms with Crippen molar-refractivity contribution in [1.29, 1.82) is 0 Å². The Bertz CT molecular complexity index is 865. The molecular formula is C20H28N2O2S2. The van der Waals surface area contributed by atoms with Crippen molar-refractivity contribution in [3.05, 3.63) is 50.2 Å². The minimum absolute atomic E-state index is 0.518. The molecule has 0 atom stereocenters. The Morgan fingerprint density at radius 2 is 1.42 bits per heavy atom. The second kappa shape index (κ2) is 7.43. The smallest absolute Gasteiger partial charge is 0.243 e. The highest BCUT2D eigenvalue weighted by molar-refractivity contribution is 7.89. The molecule has 0 radical (unpaired) electrons. The molecule has 1 fully saturated rings. The zero-order valence-corrected chi connectivity index (χ0v) is 17.9. The van der Waals surface area contributed by atoms with Crippen LogP contribution >= 0.6 is 11.3 Å². The molecule has 26 heavy (non-hydrogen) atoms. The number of piperazine rings is 1. The Morgan fingerprint density at radius 1 is 0.885 bits per heavy atom. The molecule has 3 rings (SSSR count). The van der Waals surface area contributed by atoms with E-state index in [2.05, 4.69) is 29.3 Å². The standard InChI is InChI=1S/C20H28N2O2S2/c1-14-15(2)17(4)20(18(5)16(14)3)26(23,24)22-10-8-21(9-11-22)13-19-7-6-12-25-19/h6-7,12H,8-11,13H2,1-5H3. The highest BCUT2D eigenvalue weighted by atomic mass is 32.2. The van der Waals surface area contributed by atoms with Gasteiger partial charge in [0.25, 0.3) is 0 Å². The van der Waals surface area contributed by atoms with E-state index in [-0.39, 0.29) is 0 Å². The summed E-state index contributed by atoms with van der Waals surface area (Å²) in [5, 5.41) is 2.09. The summed E-state index contributed by atoms with van der Waals surface area (Å²) in [6, 6.07) is 4.20. The van der Waals surface area contributed by atoms with Crippen LogP contribution in [-0.2, 0) is 16.6 Å². The van der Waals surface area contributed by atoms with Crippen LogP contribution in [0.5, 0.6) is 0 Å². The maximum atomic E-state index is 13.4. The summed E-state index contributed by atoms with van der Waals surface area (Å²) in [5.74, 6) is 0. The molecule has 4 nitrogen and oxygen atoms in total. The number of nitrogens with zero attached hydrogens (tertiary/aromatic N) is 2. The monoisotopic (exact) mass is 392 g/mol. The molecule has 0 N–H and O–H groups in total. The summed E-state index contributed by atoms with van der Waals surface area (Å²) < 4.78 is 28.4. The van der Waals surface area contributed by atoms with Crippen molar-refractivity contribution in [1.82, 2.24) is 9.21 Å². The van der Waals surface area contributed by atoms with Crippen LogP contribution in [0, 0.1) is 34.6 Å². The Balaban J connectivity index is 1.82. The fourth-order valence-electron chi connectivity index (χ4n) is 3.73. The van der Waals surface area contributed by atoms with Crippen LogP contribution < -0.4 is 0 Å². The van der Waals surface area contributed by atoms with E-state index in [1.807, 2.05) is 27.7 Å². The molecule has 1 saturated heterocycles. The Morgan fingerprint density at radius 3 is 1.92 bits per heavy atom. The second-order valence-corrected chi connectivity index (χ2v) is 10.1. The Kier molecular flexibility index (Phi) is 5.58. The molecule has 0 saturated carbocycles. The lowest BCUT2D eigenvalue weighted by atomic mass is 9.95. The van der Waals surface area contributed by atoms with Gasteiger partial charge < -0.3 is 0 Å². The lowest BCUT2D eigenvalue weighted by Crippen LogP contribution is -2.48. The average Bonchev–Trinajstić information content (AvgIpc) is 3.11. The summed E-state index contributed by atoms with van der Waals surface area (Å²) in [7, 11) is -3.46. The quantitative estimate of drug-likeness (QED) is 0.795. The van der Waals surface area contributed by atoms with Gasteiger partial charge in [-0.2, -0.15) is 4.31 Å². The van der Waals surface area contributed by atoms with Gasteiger partial charge in [0.2, 0.25) is 10.0 Å². The fourth-order valence-corrected chi connectivity index (χ4v) is 6.46. The van der Waals surface area contributed by atoms with Crippen LogP contribution in [-0.4, -0.2) is 43.8 Å². The maximum Gasteiger partial charge on any atom is 0.243 e. The molecule has 1 aliphatic rings. The number of hydrogen-bond acceptors (Lipinski definition) is 4. The van der Waals surface area contributed by atoms with Gasteiger partial charge in [0.15, 0.2) is 0 Å². The van der Waals surface area contributed by atoms with Crippen LogP contribution in [0.1, 0.15) is 32.7 Å². The Labute approximate surface area is 161 Å². The van der Waals surface area contributed by atoms with Gasteiger partial charge in [-0.1, -0.05) is 6.07 Å². The van der Waals surface area contributed by atoms with Gasteiger partial charge in [0, 0.05) is 37.6 Å². The van der Waals surface area contributed by atoms with Crippen LogP contribution in [0.2, 0.25) is 0 Å². The summed E-state index contributed by atoms with van der Waals surface area (Å²) in [5.41, 5.74) is 5.16. The number of thiophene rings is 1. The highest BCUT2D eigenvalue weighted by Gasteiger charge is 2.32. The first-order valence-corrected chi connectivity index (χ1v) is 11.4. The molecule has 1 aliphatic heterocycles. The highest BCUT2D eigenvalue weighted by Crippen LogP contribution is 2.32. The van der Waals surface area contributed by atoms with Crippen molar-refractivity contribution in [3.8, 4) is 0 Å². The maximum absolute atomic E-state index is 13.4. The van der Waals surface area contributed by atoms with Gasteiger partial charge in [-0.3, -0.25) is 4.90 Å².